The van der Waals surface area contributed by atoms with Crippen molar-refractivity contribution in [3.05, 3.63) is 84.4 Å². The van der Waals surface area contributed by atoms with Gasteiger partial charge in [-0.25, -0.2) is 0 Å². The van der Waals surface area contributed by atoms with E-state index in [9.17, 15) is 0 Å². The van der Waals surface area contributed by atoms with E-state index in [0.29, 0.717) is 4.71 Å². The predicted molar refractivity (Wildman–Crippen MR) is 81.9 cm³/mol. The van der Waals surface area contributed by atoms with E-state index >= 15 is 0 Å². The topological polar surface area (TPSA) is 3.24 Å². The van der Waals surface area contributed by atoms with Crippen LogP contribution in [0.3, 0.4) is 0 Å². The van der Waals surface area contributed by atoms with Gasteiger partial charge in [0.2, 0.25) is 0 Å². The molecule has 2 rings (SSSR count). The molecule has 0 aliphatic rings. The third kappa shape index (κ3) is 4.40. The fraction of sp³-hybridized carbons (Fsp3) is 0.176. The number of hydrogen-bond donors (Lipinski definition) is 0. The molecule has 0 fully saturated rings. The van der Waals surface area contributed by atoms with E-state index in [-0.39, 0.29) is 0 Å². The maximum atomic E-state index is 3.92. The zero-order valence-corrected chi connectivity index (χ0v) is 11.5. The number of nitrogens with zero attached hydrogens (tertiary/aromatic N) is 1. The summed E-state index contributed by atoms with van der Waals surface area (Å²) < 4.78 is 0.361. The summed E-state index contributed by atoms with van der Waals surface area (Å²) in [5.41, 5.74) is 2.68. The van der Waals surface area contributed by atoms with Gasteiger partial charge in [-0.1, -0.05) is 0 Å². The third-order valence-corrected chi connectivity index (χ3v) is 3.37. The van der Waals surface area contributed by atoms with Crippen molar-refractivity contribution in [2.45, 2.75) is 17.8 Å². The second-order valence-electron chi connectivity index (χ2n) is 4.85. The van der Waals surface area contributed by atoms with Crippen LogP contribution in [0.4, 0.5) is 0 Å². The predicted octanol–water partition coefficient (Wildman–Crippen LogP) is 3.37. The van der Waals surface area contributed by atoms with E-state index in [1.54, 1.807) is 0 Å². The van der Waals surface area contributed by atoms with Gasteiger partial charge < -0.3 is 0 Å². The Morgan fingerprint density at radius 1 is 0.895 bits per heavy atom. The molecule has 0 N–H and O–H groups in total. The van der Waals surface area contributed by atoms with E-state index in [2.05, 4.69) is 89.9 Å². The zero-order valence-electron chi connectivity index (χ0n) is 11.5. The second-order valence-corrected chi connectivity index (χ2v) is 4.85. The number of hydrogen-bond acceptors (Lipinski definition) is 1. The molecule has 0 spiro atoms. The number of rotatable bonds is 6. The standard InChI is InChI=1S/C17H18N.Li/c1-2-13-18(14-16-9-5-3-6-10-16)15-17-11-7-4-8-12-17;/h2-13H,1,14-15H2;. The quantitative estimate of drug-likeness (QED) is 0.555. The Labute approximate surface area is 125 Å². The summed E-state index contributed by atoms with van der Waals surface area (Å²) in [6, 6.07) is 21.2. The molecule has 1 nitrogen and oxygen atoms in total. The van der Waals surface area contributed by atoms with Crippen molar-refractivity contribution in [1.82, 2.24) is 4.90 Å². The molecule has 2 heteroatoms. The van der Waals surface area contributed by atoms with Gasteiger partial charge in [0, 0.05) is 0 Å². The third-order valence-electron chi connectivity index (χ3n) is 3.37. The van der Waals surface area contributed by atoms with Crippen molar-refractivity contribution in [1.29, 1.82) is 0 Å². The average Bonchev–Trinajstić information content (AvgIpc) is 2.48. The van der Waals surface area contributed by atoms with Crippen LogP contribution in [-0.2, 0) is 13.1 Å². The van der Waals surface area contributed by atoms with Crippen molar-refractivity contribution < 1.29 is 0 Å². The van der Waals surface area contributed by atoms with Crippen LogP contribution in [0, 0.1) is 0 Å². The van der Waals surface area contributed by atoms with E-state index in [1.807, 2.05) is 6.08 Å². The first-order valence-corrected chi connectivity index (χ1v) is 6.74. The molecule has 2 aromatic carbocycles. The summed E-state index contributed by atoms with van der Waals surface area (Å²) in [4.78, 5) is 2.43. The first kappa shape index (κ1) is 14.2. The summed E-state index contributed by atoms with van der Waals surface area (Å²) in [6.45, 7) is 5.82. The minimum absolute atomic E-state index is 0.361. The van der Waals surface area contributed by atoms with Gasteiger partial charge in [0.05, 0.1) is 0 Å². The van der Waals surface area contributed by atoms with Crippen molar-refractivity contribution in [3.8, 4) is 0 Å². The van der Waals surface area contributed by atoms with E-state index in [1.165, 1.54) is 11.1 Å². The van der Waals surface area contributed by atoms with Gasteiger partial charge in [-0.05, 0) is 0 Å². The zero-order chi connectivity index (χ0) is 13.5. The molecule has 1 unspecified atom stereocenters. The van der Waals surface area contributed by atoms with Crippen molar-refractivity contribution in [2.75, 3.05) is 0 Å². The van der Waals surface area contributed by atoms with E-state index in [4.69, 9.17) is 0 Å². The van der Waals surface area contributed by atoms with Crippen LogP contribution in [0.1, 0.15) is 11.1 Å². The SMILES string of the molecule is [Li][CH](C=C)N(Cc1ccccc1)Cc1ccccc1. The Balaban J connectivity index is 2.10. The van der Waals surface area contributed by atoms with Crippen LogP contribution in [0.25, 0.3) is 0 Å². The van der Waals surface area contributed by atoms with Crippen LogP contribution in [0.2, 0.25) is 0 Å². The molecule has 0 radical (unpaired) electrons. The molecule has 0 aliphatic carbocycles. The summed E-state index contributed by atoms with van der Waals surface area (Å²) in [5.74, 6) is 0. The van der Waals surface area contributed by atoms with Crippen molar-refractivity contribution in [3.63, 3.8) is 0 Å². The minimum atomic E-state index is 0.361. The van der Waals surface area contributed by atoms with Crippen LogP contribution in [0.15, 0.2) is 73.3 Å². The fourth-order valence-electron chi connectivity index (χ4n) is 2.13. The summed E-state index contributed by atoms with van der Waals surface area (Å²) in [6.07, 6.45) is 2.01. The van der Waals surface area contributed by atoms with Crippen molar-refractivity contribution in [2.24, 2.45) is 0 Å². The molecule has 0 bridgehead atoms. The number of benzene rings is 2. The van der Waals surface area contributed by atoms with E-state index in [0.717, 1.165) is 13.1 Å². The van der Waals surface area contributed by atoms with Gasteiger partial charge in [0.15, 0.2) is 0 Å². The van der Waals surface area contributed by atoms with Gasteiger partial charge >= 0.3 is 125 Å². The second kappa shape index (κ2) is 7.36. The normalized spacial score (nSPS) is 12.4. The van der Waals surface area contributed by atoms with Crippen LogP contribution in [0.5, 0.6) is 0 Å². The molecule has 0 aliphatic heterocycles. The molecule has 2 aromatic rings. The van der Waals surface area contributed by atoms with Gasteiger partial charge in [-0.2, -0.15) is 0 Å². The molecule has 92 valence electrons. The van der Waals surface area contributed by atoms with Crippen molar-refractivity contribution >= 4 is 17.7 Å². The monoisotopic (exact) mass is 243 g/mol. The first-order valence-electron chi connectivity index (χ1n) is 6.74. The molecule has 0 saturated carbocycles. The van der Waals surface area contributed by atoms with Gasteiger partial charge in [-0.15, -0.1) is 0 Å². The Bertz CT molecular complexity index is 454. The van der Waals surface area contributed by atoms with Gasteiger partial charge in [0.25, 0.3) is 0 Å². The van der Waals surface area contributed by atoms with Crippen LogP contribution >= 0.6 is 0 Å². The fourth-order valence-corrected chi connectivity index (χ4v) is 2.13. The Hall–Kier alpha value is -1.26. The Kier molecular flexibility index (Phi) is 5.48. The Morgan fingerprint density at radius 3 is 1.68 bits per heavy atom. The maximum absolute atomic E-state index is 3.92. The molecular weight excluding hydrogens is 225 g/mol. The Morgan fingerprint density at radius 2 is 1.32 bits per heavy atom. The molecule has 1 atom stereocenters. The summed E-state index contributed by atoms with van der Waals surface area (Å²) in [7, 11) is 0. The van der Waals surface area contributed by atoms with Gasteiger partial charge in [-0.3, -0.25) is 0 Å². The molecule has 19 heavy (non-hydrogen) atoms. The average molecular weight is 243 g/mol. The molecule has 0 aromatic heterocycles. The van der Waals surface area contributed by atoms with Gasteiger partial charge in [0.1, 0.15) is 0 Å². The molecule has 0 saturated heterocycles. The van der Waals surface area contributed by atoms with E-state index < -0.39 is 0 Å². The molecule has 0 heterocycles. The van der Waals surface area contributed by atoms with Crippen LogP contribution in [-0.4, -0.2) is 27.3 Å². The summed E-state index contributed by atoms with van der Waals surface area (Å²) >= 11 is 2.19. The molecular formula is C17H18LiN. The van der Waals surface area contributed by atoms with Crippen LogP contribution < -0.4 is 0 Å². The molecule has 0 amide bonds. The first-order chi connectivity index (χ1) is 9.29. The summed E-state index contributed by atoms with van der Waals surface area (Å²) in [5, 5.41) is 0.